The summed E-state index contributed by atoms with van der Waals surface area (Å²) in [5.74, 6) is -1.79. The van der Waals surface area contributed by atoms with Crippen LogP contribution in [0, 0.1) is 17.3 Å². The molecule has 5 heteroatoms. The lowest BCUT2D eigenvalue weighted by molar-refractivity contribution is -0.141. The first-order valence-corrected chi connectivity index (χ1v) is 5.96. The topological polar surface area (TPSA) is 69.6 Å². The van der Waals surface area contributed by atoms with Crippen LogP contribution in [-0.2, 0) is 9.59 Å². The van der Waals surface area contributed by atoms with E-state index in [-0.39, 0.29) is 11.8 Å². The Morgan fingerprint density at radius 3 is 2.35 bits per heavy atom. The SMILES string of the molecule is CNCCCN(C)C(=O)C1C(C(=O)O)C1(C)C. The van der Waals surface area contributed by atoms with Gasteiger partial charge < -0.3 is 15.3 Å². The van der Waals surface area contributed by atoms with Crippen LogP contribution >= 0.6 is 0 Å². The minimum absolute atomic E-state index is 0.0431. The van der Waals surface area contributed by atoms with Crippen molar-refractivity contribution < 1.29 is 14.7 Å². The highest BCUT2D eigenvalue weighted by atomic mass is 16.4. The van der Waals surface area contributed by atoms with Crippen molar-refractivity contribution in [1.82, 2.24) is 10.2 Å². The first-order chi connectivity index (χ1) is 7.84. The number of rotatable bonds is 6. The number of nitrogens with one attached hydrogen (secondary N) is 1. The van der Waals surface area contributed by atoms with Gasteiger partial charge in [0.15, 0.2) is 0 Å². The fraction of sp³-hybridized carbons (Fsp3) is 0.833. The molecule has 1 aliphatic carbocycles. The summed E-state index contributed by atoms with van der Waals surface area (Å²) in [7, 11) is 3.61. The van der Waals surface area contributed by atoms with Crippen LogP contribution in [0.4, 0.5) is 0 Å². The fourth-order valence-electron chi connectivity index (χ4n) is 2.40. The molecule has 0 bridgehead atoms. The van der Waals surface area contributed by atoms with E-state index in [1.165, 1.54) is 0 Å². The number of carbonyl (C=O) groups is 2. The molecule has 0 heterocycles. The monoisotopic (exact) mass is 242 g/mol. The maximum atomic E-state index is 12.1. The van der Waals surface area contributed by atoms with Crippen LogP contribution in [0.2, 0.25) is 0 Å². The smallest absolute Gasteiger partial charge is 0.307 e. The van der Waals surface area contributed by atoms with Gasteiger partial charge in [-0.05, 0) is 25.4 Å². The third-order valence-corrected chi connectivity index (χ3v) is 3.66. The zero-order chi connectivity index (χ0) is 13.2. The quantitative estimate of drug-likeness (QED) is 0.662. The molecule has 0 aliphatic heterocycles. The van der Waals surface area contributed by atoms with Crippen LogP contribution in [0.1, 0.15) is 20.3 Å². The summed E-state index contributed by atoms with van der Waals surface area (Å²) in [4.78, 5) is 24.7. The summed E-state index contributed by atoms with van der Waals surface area (Å²) in [6.07, 6.45) is 0.879. The summed E-state index contributed by atoms with van der Waals surface area (Å²) in [5.41, 5.74) is -0.403. The van der Waals surface area contributed by atoms with E-state index in [2.05, 4.69) is 5.32 Å². The Bertz CT molecular complexity index is 315. The standard InChI is InChI=1S/C12H22N2O3/c1-12(2)8(9(12)11(16)17)10(15)14(4)7-5-6-13-3/h8-9,13H,5-7H2,1-4H3,(H,16,17). The molecule has 1 aliphatic rings. The van der Waals surface area contributed by atoms with Gasteiger partial charge in [0.2, 0.25) is 5.91 Å². The highest BCUT2D eigenvalue weighted by Gasteiger charge is 2.66. The van der Waals surface area contributed by atoms with Crippen molar-refractivity contribution in [3.8, 4) is 0 Å². The van der Waals surface area contributed by atoms with Crippen LogP contribution < -0.4 is 5.32 Å². The molecule has 1 saturated carbocycles. The number of hydrogen-bond acceptors (Lipinski definition) is 3. The molecule has 2 unspecified atom stereocenters. The second-order valence-corrected chi connectivity index (χ2v) is 5.33. The highest BCUT2D eigenvalue weighted by molar-refractivity contribution is 5.91. The average molecular weight is 242 g/mol. The molecular weight excluding hydrogens is 220 g/mol. The molecule has 0 aromatic carbocycles. The van der Waals surface area contributed by atoms with E-state index in [9.17, 15) is 9.59 Å². The third kappa shape index (κ3) is 2.77. The Morgan fingerprint density at radius 2 is 1.94 bits per heavy atom. The summed E-state index contributed by atoms with van der Waals surface area (Å²) >= 11 is 0. The van der Waals surface area contributed by atoms with Crippen LogP contribution in [-0.4, -0.2) is 49.1 Å². The minimum Gasteiger partial charge on any atom is -0.481 e. The van der Waals surface area contributed by atoms with E-state index in [1.807, 2.05) is 20.9 Å². The van der Waals surface area contributed by atoms with E-state index < -0.39 is 17.3 Å². The Kier molecular flexibility index (Phi) is 4.14. The number of hydrogen-bond donors (Lipinski definition) is 2. The van der Waals surface area contributed by atoms with Crippen LogP contribution in [0.25, 0.3) is 0 Å². The zero-order valence-corrected chi connectivity index (χ0v) is 11.0. The molecule has 1 fully saturated rings. The second kappa shape index (κ2) is 5.04. The van der Waals surface area contributed by atoms with Gasteiger partial charge in [-0.3, -0.25) is 9.59 Å². The molecule has 0 saturated heterocycles. The van der Waals surface area contributed by atoms with Crippen molar-refractivity contribution in [2.24, 2.45) is 17.3 Å². The van der Waals surface area contributed by atoms with Gasteiger partial charge in [-0.2, -0.15) is 0 Å². The number of carboxylic acids is 1. The van der Waals surface area contributed by atoms with E-state index in [0.29, 0.717) is 6.54 Å². The van der Waals surface area contributed by atoms with Gasteiger partial charge in [0.25, 0.3) is 0 Å². The van der Waals surface area contributed by atoms with Crippen molar-refractivity contribution in [3.63, 3.8) is 0 Å². The largest absolute Gasteiger partial charge is 0.481 e. The average Bonchev–Trinajstić information content (AvgIpc) is 2.80. The normalized spacial score (nSPS) is 25.4. The Morgan fingerprint density at radius 1 is 1.35 bits per heavy atom. The number of amides is 1. The molecule has 0 aromatic heterocycles. The Balaban J connectivity index is 2.51. The summed E-state index contributed by atoms with van der Waals surface area (Å²) < 4.78 is 0. The van der Waals surface area contributed by atoms with Crippen molar-refractivity contribution >= 4 is 11.9 Å². The van der Waals surface area contributed by atoms with Gasteiger partial charge in [0.05, 0.1) is 11.8 Å². The van der Waals surface area contributed by atoms with Crippen molar-refractivity contribution in [2.45, 2.75) is 20.3 Å². The van der Waals surface area contributed by atoms with Crippen molar-refractivity contribution in [1.29, 1.82) is 0 Å². The van der Waals surface area contributed by atoms with Crippen LogP contribution in [0.3, 0.4) is 0 Å². The molecule has 1 rings (SSSR count). The number of aliphatic carboxylic acids is 1. The van der Waals surface area contributed by atoms with Gasteiger partial charge in [0.1, 0.15) is 0 Å². The van der Waals surface area contributed by atoms with E-state index in [0.717, 1.165) is 13.0 Å². The Labute approximate surface area is 102 Å². The number of carboxylic acid groups (broad SMARTS) is 1. The lowest BCUT2D eigenvalue weighted by Gasteiger charge is -2.17. The van der Waals surface area contributed by atoms with Crippen LogP contribution in [0.15, 0.2) is 0 Å². The number of nitrogens with zero attached hydrogens (tertiary/aromatic N) is 1. The molecule has 98 valence electrons. The van der Waals surface area contributed by atoms with Gasteiger partial charge >= 0.3 is 5.97 Å². The molecule has 17 heavy (non-hydrogen) atoms. The van der Waals surface area contributed by atoms with Gasteiger partial charge in [-0.15, -0.1) is 0 Å². The minimum atomic E-state index is -0.864. The molecule has 0 spiro atoms. The Hall–Kier alpha value is -1.10. The molecule has 1 amide bonds. The first-order valence-electron chi connectivity index (χ1n) is 5.96. The third-order valence-electron chi connectivity index (χ3n) is 3.66. The van der Waals surface area contributed by atoms with Crippen molar-refractivity contribution in [2.75, 3.05) is 27.2 Å². The second-order valence-electron chi connectivity index (χ2n) is 5.33. The van der Waals surface area contributed by atoms with Gasteiger partial charge in [-0.25, -0.2) is 0 Å². The molecule has 0 aromatic rings. The molecule has 0 radical (unpaired) electrons. The van der Waals surface area contributed by atoms with Gasteiger partial charge in [-0.1, -0.05) is 13.8 Å². The predicted octanol–water partition coefficient (Wildman–Crippen LogP) is 0.411. The first kappa shape index (κ1) is 14.0. The van der Waals surface area contributed by atoms with Gasteiger partial charge in [0, 0.05) is 13.6 Å². The van der Waals surface area contributed by atoms with Crippen LogP contribution in [0.5, 0.6) is 0 Å². The lowest BCUT2D eigenvalue weighted by atomic mass is 10.1. The molecule has 5 nitrogen and oxygen atoms in total. The van der Waals surface area contributed by atoms with E-state index in [1.54, 1.807) is 11.9 Å². The predicted molar refractivity (Wildman–Crippen MR) is 64.6 cm³/mol. The fourth-order valence-corrected chi connectivity index (χ4v) is 2.40. The zero-order valence-electron chi connectivity index (χ0n) is 11.0. The van der Waals surface area contributed by atoms with E-state index in [4.69, 9.17) is 5.11 Å². The molecular formula is C12H22N2O3. The maximum Gasteiger partial charge on any atom is 0.307 e. The van der Waals surface area contributed by atoms with Crippen molar-refractivity contribution in [3.05, 3.63) is 0 Å². The maximum absolute atomic E-state index is 12.1. The number of carbonyl (C=O) groups excluding carboxylic acids is 1. The summed E-state index contributed by atoms with van der Waals surface area (Å²) in [6.45, 7) is 5.21. The lowest BCUT2D eigenvalue weighted by Crippen LogP contribution is -2.32. The molecule has 2 atom stereocenters. The van der Waals surface area contributed by atoms with E-state index >= 15 is 0 Å². The summed E-state index contributed by atoms with van der Waals surface area (Å²) in [5, 5.41) is 12.0. The summed E-state index contributed by atoms with van der Waals surface area (Å²) in [6, 6.07) is 0. The highest BCUT2D eigenvalue weighted by Crippen LogP contribution is 2.58. The molecule has 2 N–H and O–H groups in total.